The molecule has 1 aromatic carbocycles. The highest BCUT2D eigenvalue weighted by atomic mass is 16.7. The summed E-state index contributed by atoms with van der Waals surface area (Å²) in [6.45, 7) is 16.5. The zero-order valence-corrected chi connectivity index (χ0v) is 18.9. The Labute approximate surface area is 175 Å². The lowest BCUT2D eigenvalue weighted by atomic mass is 9.78. The summed E-state index contributed by atoms with van der Waals surface area (Å²) in [6, 6.07) is 6.00. The molecule has 1 aliphatic heterocycles. The summed E-state index contributed by atoms with van der Waals surface area (Å²) in [4.78, 5) is 12.4. The number of hydrogen-bond donors (Lipinski definition) is 3. The molecule has 1 fully saturated rings. The average molecular weight is 399 g/mol. The predicted molar refractivity (Wildman–Crippen MR) is 118 cm³/mol. The number of carbonyl (C=O) groups excluding carboxylic acids is 1. The third kappa shape index (κ3) is 5.70. The number of carbonyl (C=O) groups is 1. The Kier molecular flexibility index (Phi) is 6.65. The van der Waals surface area contributed by atoms with E-state index >= 15 is 0 Å². The van der Waals surface area contributed by atoms with Crippen LogP contribution < -0.4 is 16.1 Å². The van der Waals surface area contributed by atoms with Gasteiger partial charge in [0.25, 0.3) is 5.91 Å². The van der Waals surface area contributed by atoms with Gasteiger partial charge in [-0.15, -0.1) is 0 Å². The highest BCUT2D eigenvalue weighted by Crippen LogP contribution is 2.36. The minimum absolute atomic E-state index is 0.172. The van der Waals surface area contributed by atoms with Gasteiger partial charge in [-0.1, -0.05) is 18.2 Å². The molecule has 3 N–H and O–H groups in total. The summed E-state index contributed by atoms with van der Waals surface area (Å²) in [5.41, 5.74) is 2.37. The van der Waals surface area contributed by atoms with Gasteiger partial charge in [0.15, 0.2) is 0 Å². The van der Waals surface area contributed by atoms with Gasteiger partial charge < -0.3 is 25.4 Å². The van der Waals surface area contributed by atoms with E-state index in [9.17, 15) is 4.79 Å². The van der Waals surface area contributed by atoms with Crippen molar-refractivity contribution >= 4 is 24.7 Å². The van der Waals surface area contributed by atoms with Crippen molar-refractivity contribution in [2.75, 3.05) is 0 Å². The van der Waals surface area contributed by atoms with Crippen molar-refractivity contribution in [2.24, 2.45) is 0 Å². The van der Waals surface area contributed by atoms with Crippen LogP contribution in [-0.4, -0.2) is 36.0 Å². The normalized spacial score (nSPS) is 18.5. The second kappa shape index (κ2) is 8.32. The number of hydrogen-bond acceptors (Lipinski definition) is 5. The quantitative estimate of drug-likeness (QED) is 0.390. The lowest BCUT2D eigenvalue weighted by Gasteiger charge is -2.32. The molecule has 1 heterocycles. The van der Waals surface area contributed by atoms with Crippen molar-refractivity contribution in [3.8, 4) is 0 Å². The van der Waals surface area contributed by atoms with Crippen molar-refractivity contribution in [3.05, 3.63) is 41.1 Å². The van der Waals surface area contributed by atoms with Gasteiger partial charge in [-0.25, -0.2) is 0 Å². The summed E-state index contributed by atoms with van der Waals surface area (Å²) < 4.78 is 12.2. The Morgan fingerprint density at radius 2 is 1.76 bits per heavy atom. The van der Waals surface area contributed by atoms with Crippen molar-refractivity contribution in [1.29, 1.82) is 5.41 Å². The molecule has 0 spiro atoms. The van der Waals surface area contributed by atoms with Gasteiger partial charge in [0.05, 0.1) is 16.8 Å². The van der Waals surface area contributed by atoms with E-state index in [0.717, 1.165) is 22.8 Å². The van der Waals surface area contributed by atoms with E-state index in [-0.39, 0.29) is 28.2 Å². The first-order chi connectivity index (χ1) is 13.3. The van der Waals surface area contributed by atoms with Crippen LogP contribution in [0.4, 0.5) is 0 Å². The number of benzene rings is 1. The largest absolute Gasteiger partial charge is 0.494 e. The second-order valence-electron chi connectivity index (χ2n) is 9.60. The van der Waals surface area contributed by atoms with Crippen LogP contribution >= 0.6 is 0 Å². The van der Waals surface area contributed by atoms with Crippen LogP contribution in [0.15, 0.2) is 30.0 Å². The molecule has 2 rings (SSSR count). The van der Waals surface area contributed by atoms with Gasteiger partial charge in [0, 0.05) is 24.5 Å². The highest BCUT2D eigenvalue weighted by Gasteiger charge is 2.51. The van der Waals surface area contributed by atoms with E-state index < -0.39 is 7.12 Å². The smallest absolute Gasteiger partial charge is 0.399 e. The molecule has 1 aromatic rings. The second-order valence-corrected chi connectivity index (χ2v) is 9.60. The molecule has 0 radical (unpaired) electrons. The monoisotopic (exact) mass is 399 g/mol. The minimum Gasteiger partial charge on any atom is -0.399 e. The van der Waals surface area contributed by atoms with Crippen molar-refractivity contribution in [3.63, 3.8) is 0 Å². The third-order valence-corrected chi connectivity index (χ3v) is 5.41. The van der Waals surface area contributed by atoms with E-state index in [0.29, 0.717) is 6.54 Å². The molecule has 0 bridgehead atoms. The zero-order chi connectivity index (χ0) is 22.0. The summed E-state index contributed by atoms with van der Waals surface area (Å²) in [7, 11) is -0.404. The van der Waals surface area contributed by atoms with Crippen LogP contribution in [0.1, 0.15) is 59.6 Å². The summed E-state index contributed by atoms with van der Waals surface area (Å²) in [6.07, 6.45) is 2.64. The Morgan fingerprint density at radius 3 is 2.24 bits per heavy atom. The Morgan fingerprint density at radius 1 is 1.17 bits per heavy atom. The minimum atomic E-state index is -0.404. The zero-order valence-electron chi connectivity index (χ0n) is 18.9. The number of rotatable bonds is 6. The topological polar surface area (TPSA) is 83.4 Å². The molecule has 7 heteroatoms. The molecule has 29 heavy (non-hydrogen) atoms. The molecule has 0 aromatic heterocycles. The van der Waals surface area contributed by atoms with E-state index in [1.54, 1.807) is 6.20 Å². The van der Waals surface area contributed by atoms with Gasteiger partial charge in [-0.2, -0.15) is 0 Å². The lowest BCUT2D eigenvalue weighted by Crippen LogP contribution is -2.41. The van der Waals surface area contributed by atoms with E-state index in [1.165, 1.54) is 0 Å². The maximum Gasteiger partial charge on any atom is 0.494 e. The van der Waals surface area contributed by atoms with Crippen LogP contribution in [-0.2, 0) is 20.6 Å². The third-order valence-electron chi connectivity index (χ3n) is 5.41. The summed E-state index contributed by atoms with van der Waals surface area (Å²) in [5.74, 6) is -0.286. The molecule has 0 atom stereocenters. The molecule has 1 aliphatic rings. The van der Waals surface area contributed by atoms with Crippen LogP contribution in [0.2, 0.25) is 0 Å². The van der Waals surface area contributed by atoms with E-state index in [4.69, 9.17) is 14.7 Å². The maximum absolute atomic E-state index is 12.4. The molecule has 0 saturated carbocycles. The highest BCUT2D eigenvalue weighted by molar-refractivity contribution is 6.62. The predicted octanol–water partition coefficient (Wildman–Crippen LogP) is 2.83. The van der Waals surface area contributed by atoms with Crippen LogP contribution in [0, 0.1) is 12.3 Å². The van der Waals surface area contributed by atoms with E-state index in [1.807, 2.05) is 73.6 Å². The number of amides is 1. The van der Waals surface area contributed by atoms with Gasteiger partial charge in [0.1, 0.15) is 0 Å². The van der Waals surface area contributed by atoms with Crippen LogP contribution in [0.5, 0.6) is 0 Å². The Balaban J connectivity index is 2.05. The standard InChI is InChI=1S/C22H34BN3O3/c1-15-11-18(23-28-21(5,6)22(7,8)29-23)10-9-16(15)13-25-19(27)17(12-24)14-26-20(2,3)4/h9-12,14,24,26H,13H2,1-8H3,(H,25,27)/b17-14+,24-12?. The fourth-order valence-electron chi connectivity index (χ4n) is 2.79. The number of nitrogens with one attached hydrogen (secondary N) is 3. The molecular formula is C22H34BN3O3. The average Bonchev–Trinajstić information content (AvgIpc) is 2.81. The van der Waals surface area contributed by atoms with Crippen LogP contribution in [0.3, 0.4) is 0 Å². The molecular weight excluding hydrogens is 365 g/mol. The molecule has 0 unspecified atom stereocenters. The molecule has 6 nitrogen and oxygen atoms in total. The molecule has 158 valence electrons. The Hall–Kier alpha value is -2.12. The molecule has 0 aliphatic carbocycles. The van der Waals surface area contributed by atoms with Gasteiger partial charge >= 0.3 is 7.12 Å². The first-order valence-corrected chi connectivity index (χ1v) is 9.97. The fraction of sp³-hybridized carbons (Fsp3) is 0.545. The lowest BCUT2D eigenvalue weighted by molar-refractivity contribution is -0.117. The number of aryl methyl sites for hydroxylation is 1. The maximum atomic E-state index is 12.4. The van der Waals surface area contributed by atoms with Crippen molar-refractivity contribution in [2.45, 2.75) is 78.7 Å². The Bertz CT molecular complexity index is 794. The summed E-state index contributed by atoms with van der Waals surface area (Å²) in [5, 5.41) is 13.5. The van der Waals surface area contributed by atoms with Gasteiger partial charge in [0.2, 0.25) is 0 Å². The molecule has 1 amide bonds. The molecule has 1 saturated heterocycles. The first-order valence-electron chi connectivity index (χ1n) is 9.97. The van der Waals surface area contributed by atoms with Gasteiger partial charge in [-0.3, -0.25) is 4.79 Å². The van der Waals surface area contributed by atoms with Crippen molar-refractivity contribution < 1.29 is 14.1 Å². The SMILES string of the molecule is Cc1cc(B2OC(C)(C)C(C)(C)O2)ccc1CNC(=O)/C(C=N)=C/NC(C)(C)C. The fourth-order valence-corrected chi connectivity index (χ4v) is 2.79. The van der Waals surface area contributed by atoms with Crippen molar-refractivity contribution in [1.82, 2.24) is 10.6 Å². The first kappa shape index (κ1) is 23.2. The summed E-state index contributed by atoms with van der Waals surface area (Å²) >= 11 is 0. The van der Waals surface area contributed by atoms with Crippen LogP contribution in [0.25, 0.3) is 0 Å². The van der Waals surface area contributed by atoms with Gasteiger partial charge in [-0.05, 0) is 72.0 Å². The van der Waals surface area contributed by atoms with E-state index in [2.05, 4.69) is 10.6 Å².